The number of benzene rings is 2. The molecule has 2 fully saturated rings. The predicted molar refractivity (Wildman–Crippen MR) is 136 cm³/mol. The van der Waals surface area contributed by atoms with E-state index in [-0.39, 0.29) is 11.7 Å². The zero-order valence-electron chi connectivity index (χ0n) is 20.6. The highest BCUT2D eigenvalue weighted by Crippen LogP contribution is 2.34. The molecule has 3 heterocycles. The Balaban J connectivity index is 1.47. The van der Waals surface area contributed by atoms with Crippen LogP contribution >= 0.6 is 0 Å². The van der Waals surface area contributed by atoms with E-state index in [0.29, 0.717) is 31.9 Å². The molecule has 2 saturated heterocycles. The summed E-state index contributed by atoms with van der Waals surface area (Å²) in [6, 6.07) is 15.7. The Labute approximate surface area is 211 Å². The molecule has 190 valence electrons. The molecule has 0 saturated carbocycles. The number of piperidine rings is 1. The second-order valence-corrected chi connectivity index (χ2v) is 9.42. The third kappa shape index (κ3) is 5.77. The lowest BCUT2D eigenvalue weighted by Gasteiger charge is -2.31. The van der Waals surface area contributed by atoms with Gasteiger partial charge in [0.1, 0.15) is 11.5 Å². The molecule has 8 heteroatoms. The van der Waals surface area contributed by atoms with Crippen molar-refractivity contribution in [2.45, 2.75) is 25.8 Å². The van der Waals surface area contributed by atoms with Gasteiger partial charge >= 0.3 is 0 Å². The summed E-state index contributed by atoms with van der Waals surface area (Å²) in [6.07, 6.45) is 3.42. The number of ether oxygens (including phenoxy) is 1. The molecule has 36 heavy (non-hydrogen) atoms. The minimum atomic E-state index is -0.357. The van der Waals surface area contributed by atoms with Crippen LogP contribution in [0.2, 0.25) is 0 Å². The van der Waals surface area contributed by atoms with E-state index in [0.717, 1.165) is 68.3 Å². The summed E-state index contributed by atoms with van der Waals surface area (Å²) in [4.78, 5) is 20.1. The van der Waals surface area contributed by atoms with Crippen LogP contribution < -0.4 is 4.90 Å². The van der Waals surface area contributed by atoms with E-state index in [1.54, 1.807) is 12.1 Å². The quantitative estimate of drug-likeness (QED) is 0.463. The number of carbonyl (C=O) groups is 1. The van der Waals surface area contributed by atoms with Crippen LogP contribution in [0.1, 0.15) is 35.2 Å². The second kappa shape index (κ2) is 11.7. The number of aromatic nitrogens is 1. The zero-order valence-corrected chi connectivity index (χ0v) is 20.6. The van der Waals surface area contributed by atoms with Gasteiger partial charge in [0.25, 0.3) is 5.91 Å². The summed E-state index contributed by atoms with van der Waals surface area (Å²) >= 11 is 0. The van der Waals surface area contributed by atoms with E-state index in [9.17, 15) is 9.18 Å². The number of halogens is 1. The van der Waals surface area contributed by atoms with E-state index < -0.39 is 0 Å². The first-order valence-electron chi connectivity index (χ1n) is 12.8. The Morgan fingerprint density at radius 1 is 0.944 bits per heavy atom. The van der Waals surface area contributed by atoms with Gasteiger partial charge in [0.15, 0.2) is 0 Å². The molecule has 0 atom stereocenters. The van der Waals surface area contributed by atoms with E-state index in [1.807, 2.05) is 35.2 Å². The van der Waals surface area contributed by atoms with Gasteiger partial charge in [-0.15, -0.1) is 0 Å². The van der Waals surface area contributed by atoms with Gasteiger partial charge in [-0.25, -0.2) is 4.39 Å². The van der Waals surface area contributed by atoms with Crippen LogP contribution in [0.3, 0.4) is 0 Å². The fourth-order valence-corrected chi connectivity index (χ4v) is 4.92. The Morgan fingerprint density at radius 3 is 2.39 bits per heavy atom. The SMILES string of the molecule is O=C(c1ccc(F)cc1)N(CCN1CCOCC1)Cc1c(-c2ccccc2)noc1N1CCCCC1. The van der Waals surface area contributed by atoms with Crippen LogP contribution in [-0.2, 0) is 11.3 Å². The molecule has 0 unspecified atom stereocenters. The van der Waals surface area contributed by atoms with Gasteiger partial charge in [-0.3, -0.25) is 9.69 Å². The largest absolute Gasteiger partial charge is 0.379 e. The maximum absolute atomic E-state index is 13.7. The summed E-state index contributed by atoms with van der Waals surface area (Å²) in [6.45, 7) is 6.56. The molecule has 2 aliphatic heterocycles. The molecule has 1 amide bonds. The smallest absolute Gasteiger partial charge is 0.254 e. The number of anilines is 1. The fraction of sp³-hybridized carbons (Fsp3) is 0.429. The van der Waals surface area contributed by atoms with Gasteiger partial charge in [-0.2, -0.15) is 0 Å². The monoisotopic (exact) mass is 492 g/mol. The van der Waals surface area contributed by atoms with E-state index in [2.05, 4.69) is 15.0 Å². The molecule has 2 aromatic carbocycles. The number of rotatable bonds is 8. The van der Waals surface area contributed by atoms with Crippen LogP contribution in [-0.4, -0.2) is 73.3 Å². The average Bonchev–Trinajstić information content (AvgIpc) is 3.36. The van der Waals surface area contributed by atoms with Crippen molar-refractivity contribution in [3.8, 4) is 11.3 Å². The Bertz CT molecular complexity index is 1120. The highest BCUT2D eigenvalue weighted by atomic mass is 19.1. The number of amides is 1. The van der Waals surface area contributed by atoms with Gasteiger partial charge in [0, 0.05) is 50.4 Å². The Hall–Kier alpha value is -3.23. The molecule has 5 rings (SSSR count). The molecule has 0 aliphatic carbocycles. The van der Waals surface area contributed by atoms with Crippen molar-refractivity contribution < 1.29 is 18.4 Å². The third-order valence-corrected chi connectivity index (χ3v) is 6.98. The average molecular weight is 493 g/mol. The summed E-state index contributed by atoms with van der Waals surface area (Å²) in [5, 5.41) is 4.48. The number of hydrogen-bond acceptors (Lipinski definition) is 6. The molecule has 0 spiro atoms. The van der Waals surface area contributed by atoms with Crippen molar-refractivity contribution in [1.82, 2.24) is 15.0 Å². The van der Waals surface area contributed by atoms with Crippen molar-refractivity contribution in [1.29, 1.82) is 0 Å². The minimum absolute atomic E-state index is 0.131. The molecule has 0 N–H and O–H groups in total. The molecule has 2 aliphatic rings. The first-order valence-corrected chi connectivity index (χ1v) is 12.8. The Morgan fingerprint density at radius 2 is 1.67 bits per heavy atom. The number of carbonyl (C=O) groups excluding carboxylic acids is 1. The Kier molecular flexibility index (Phi) is 7.93. The summed E-state index contributed by atoms with van der Waals surface area (Å²) < 4.78 is 25.0. The van der Waals surface area contributed by atoms with Crippen molar-refractivity contribution in [3.63, 3.8) is 0 Å². The molecule has 0 bridgehead atoms. The van der Waals surface area contributed by atoms with Gasteiger partial charge in [-0.05, 0) is 43.5 Å². The predicted octanol–water partition coefficient (Wildman–Crippen LogP) is 4.45. The minimum Gasteiger partial charge on any atom is -0.379 e. The first kappa shape index (κ1) is 24.5. The topological polar surface area (TPSA) is 62.1 Å². The standard InChI is InChI=1S/C28H33FN4O3/c29-24-11-9-23(10-12-24)27(34)33(16-15-31-17-19-35-20-18-31)21-25-26(22-7-3-1-4-8-22)30-36-28(25)32-13-5-2-6-14-32/h1,3-4,7-12H,2,5-6,13-21H2. The van der Waals surface area contributed by atoms with Crippen LogP contribution in [0.15, 0.2) is 59.1 Å². The normalized spacial score (nSPS) is 16.8. The van der Waals surface area contributed by atoms with Gasteiger partial charge in [0.2, 0.25) is 5.88 Å². The van der Waals surface area contributed by atoms with Gasteiger partial charge in [-0.1, -0.05) is 35.5 Å². The van der Waals surface area contributed by atoms with Gasteiger partial charge in [0.05, 0.1) is 25.3 Å². The molecule has 3 aromatic rings. The number of morpholine rings is 1. The highest BCUT2D eigenvalue weighted by Gasteiger charge is 2.28. The van der Waals surface area contributed by atoms with E-state index in [1.165, 1.54) is 18.6 Å². The van der Waals surface area contributed by atoms with Crippen LogP contribution in [0.25, 0.3) is 11.3 Å². The summed E-state index contributed by atoms with van der Waals surface area (Å²) in [5.74, 6) is 0.258. The number of nitrogens with zero attached hydrogens (tertiary/aromatic N) is 4. The summed E-state index contributed by atoms with van der Waals surface area (Å²) in [7, 11) is 0. The molecular weight excluding hydrogens is 459 g/mol. The lowest BCUT2D eigenvalue weighted by Crippen LogP contribution is -2.43. The molecule has 1 aromatic heterocycles. The fourth-order valence-electron chi connectivity index (χ4n) is 4.92. The first-order chi connectivity index (χ1) is 17.7. The lowest BCUT2D eigenvalue weighted by molar-refractivity contribution is 0.0320. The maximum Gasteiger partial charge on any atom is 0.254 e. The molecule has 7 nitrogen and oxygen atoms in total. The molecule has 0 radical (unpaired) electrons. The van der Waals surface area contributed by atoms with Crippen molar-refractivity contribution >= 4 is 11.8 Å². The summed E-state index contributed by atoms with van der Waals surface area (Å²) in [5.41, 5.74) is 3.11. The van der Waals surface area contributed by atoms with Crippen LogP contribution in [0.4, 0.5) is 10.3 Å². The maximum atomic E-state index is 13.7. The van der Waals surface area contributed by atoms with Crippen LogP contribution in [0.5, 0.6) is 0 Å². The van der Waals surface area contributed by atoms with Crippen molar-refractivity contribution in [2.24, 2.45) is 0 Å². The number of hydrogen-bond donors (Lipinski definition) is 0. The van der Waals surface area contributed by atoms with E-state index in [4.69, 9.17) is 9.26 Å². The molecular formula is C28H33FN4O3. The third-order valence-electron chi connectivity index (χ3n) is 6.98. The van der Waals surface area contributed by atoms with Gasteiger partial charge < -0.3 is 19.1 Å². The van der Waals surface area contributed by atoms with Crippen LogP contribution in [0, 0.1) is 5.82 Å². The second-order valence-electron chi connectivity index (χ2n) is 9.42. The highest BCUT2D eigenvalue weighted by molar-refractivity contribution is 5.94. The van der Waals surface area contributed by atoms with Crippen molar-refractivity contribution in [3.05, 3.63) is 71.5 Å². The van der Waals surface area contributed by atoms with Crippen molar-refractivity contribution in [2.75, 3.05) is 57.4 Å². The lowest BCUT2D eigenvalue weighted by atomic mass is 10.0. The zero-order chi connectivity index (χ0) is 24.7. The van der Waals surface area contributed by atoms with E-state index >= 15 is 0 Å².